The zero-order valence-electron chi connectivity index (χ0n) is 17.1. The van der Waals surface area contributed by atoms with Crippen LogP contribution in [0.5, 0.6) is 5.75 Å². The molecule has 29 heavy (non-hydrogen) atoms. The standard InChI is InChI=1S/C20H28Cl2N2O5/c1-19(2,3)29-18(27)24-10-7-12(11-20(24,8-9-23)17(25)26)15-14(28-4)6-5-13(21)16(15)22/h5-6,12H,7-11,23H2,1-4H3,(H,25,26). The minimum atomic E-state index is -1.52. The highest BCUT2D eigenvalue weighted by Gasteiger charge is 2.52. The van der Waals surface area contributed by atoms with Gasteiger partial charge in [-0.25, -0.2) is 9.59 Å². The third-order valence-corrected chi connectivity index (χ3v) is 5.91. The number of ether oxygens (including phenoxy) is 2. The Labute approximate surface area is 181 Å². The van der Waals surface area contributed by atoms with E-state index in [0.29, 0.717) is 27.8 Å². The highest BCUT2D eigenvalue weighted by Crippen LogP contribution is 2.47. The average Bonchev–Trinajstić information content (AvgIpc) is 2.62. The second-order valence-electron chi connectivity index (χ2n) is 8.17. The van der Waals surface area contributed by atoms with Crippen LogP contribution in [0.25, 0.3) is 0 Å². The van der Waals surface area contributed by atoms with Crippen molar-refractivity contribution in [2.75, 3.05) is 20.2 Å². The Balaban J connectivity index is 2.50. The molecule has 0 aliphatic carbocycles. The van der Waals surface area contributed by atoms with Crippen LogP contribution >= 0.6 is 23.2 Å². The third kappa shape index (κ3) is 4.90. The number of carboxylic acid groups (broad SMARTS) is 1. The van der Waals surface area contributed by atoms with Gasteiger partial charge in [0.25, 0.3) is 0 Å². The maximum absolute atomic E-state index is 12.8. The summed E-state index contributed by atoms with van der Waals surface area (Å²) in [4.78, 5) is 26.5. The van der Waals surface area contributed by atoms with E-state index in [-0.39, 0.29) is 31.8 Å². The Hall–Kier alpha value is -1.70. The molecule has 2 rings (SSSR count). The molecule has 1 saturated heterocycles. The number of hydrogen-bond donors (Lipinski definition) is 2. The van der Waals surface area contributed by atoms with Crippen molar-refractivity contribution in [2.24, 2.45) is 5.73 Å². The summed E-state index contributed by atoms with van der Waals surface area (Å²) in [5.74, 6) is -0.879. The van der Waals surface area contributed by atoms with Crippen LogP contribution in [0.3, 0.4) is 0 Å². The van der Waals surface area contributed by atoms with E-state index in [1.54, 1.807) is 32.9 Å². The van der Waals surface area contributed by atoms with Crippen molar-refractivity contribution in [3.8, 4) is 5.75 Å². The van der Waals surface area contributed by atoms with Crippen molar-refractivity contribution in [3.05, 3.63) is 27.7 Å². The number of rotatable bonds is 5. The van der Waals surface area contributed by atoms with Crippen molar-refractivity contribution < 1.29 is 24.2 Å². The summed E-state index contributed by atoms with van der Waals surface area (Å²) in [6.45, 7) is 5.48. The smallest absolute Gasteiger partial charge is 0.411 e. The summed E-state index contributed by atoms with van der Waals surface area (Å²) in [6, 6.07) is 3.33. The van der Waals surface area contributed by atoms with Gasteiger partial charge in [0.15, 0.2) is 0 Å². The number of amides is 1. The van der Waals surface area contributed by atoms with Gasteiger partial charge in [0, 0.05) is 12.1 Å². The summed E-state index contributed by atoms with van der Waals surface area (Å²) in [6.07, 6.45) is 0.0132. The molecule has 2 unspecified atom stereocenters. The van der Waals surface area contributed by atoms with Crippen molar-refractivity contribution in [1.29, 1.82) is 0 Å². The van der Waals surface area contributed by atoms with Gasteiger partial charge >= 0.3 is 12.1 Å². The number of carboxylic acids is 1. The van der Waals surface area contributed by atoms with Gasteiger partial charge in [-0.05, 0) is 64.6 Å². The summed E-state index contributed by atoms with van der Waals surface area (Å²) in [5.41, 5.74) is 4.13. The number of carbonyl (C=O) groups excluding carboxylic acids is 1. The Morgan fingerprint density at radius 3 is 2.52 bits per heavy atom. The van der Waals surface area contributed by atoms with Crippen LogP contribution in [0, 0.1) is 0 Å². The first-order valence-corrected chi connectivity index (χ1v) is 10.2. The molecule has 9 heteroatoms. The summed E-state index contributed by atoms with van der Waals surface area (Å²) >= 11 is 12.7. The molecule has 0 spiro atoms. The number of likely N-dealkylation sites (tertiary alicyclic amines) is 1. The van der Waals surface area contributed by atoms with Gasteiger partial charge in [-0.2, -0.15) is 0 Å². The van der Waals surface area contributed by atoms with E-state index in [1.807, 2.05) is 0 Å². The second-order valence-corrected chi connectivity index (χ2v) is 8.96. The lowest BCUT2D eigenvalue weighted by Crippen LogP contribution is -2.62. The molecule has 0 bridgehead atoms. The number of carbonyl (C=O) groups is 2. The molecule has 0 aromatic heterocycles. The molecule has 1 aliphatic heterocycles. The fourth-order valence-electron chi connectivity index (χ4n) is 3.84. The quantitative estimate of drug-likeness (QED) is 0.698. The van der Waals surface area contributed by atoms with E-state index in [1.165, 1.54) is 12.0 Å². The van der Waals surface area contributed by atoms with Gasteiger partial charge in [-0.3, -0.25) is 4.90 Å². The Morgan fingerprint density at radius 2 is 2.00 bits per heavy atom. The first-order valence-electron chi connectivity index (χ1n) is 9.43. The SMILES string of the molecule is COc1ccc(Cl)c(Cl)c1C1CCN(C(=O)OC(C)(C)C)C(CCN)(C(=O)O)C1. The zero-order chi connectivity index (χ0) is 22.0. The summed E-state index contributed by atoms with van der Waals surface area (Å²) < 4.78 is 10.9. The average molecular weight is 447 g/mol. The molecule has 162 valence electrons. The molecule has 1 aromatic carbocycles. The number of methoxy groups -OCH3 is 1. The minimum absolute atomic E-state index is 0.0819. The number of piperidine rings is 1. The molecule has 3 N–H and O–H groups in total. The molecule has 1 amide bonds. The van der Waals surface area contributed by atoms with Crippen molar-refractivity contribution in [3.63, 3.8) is 0 Å². The highest BCUT2D eigenvalue weighted by molar-refractivity contribution is 6.42. The number of halogens is 2. The third-order valence-electron chi connectivity index (χ3n) is 5.09. The first kappa shape index (κ1) is 23.6. The number of benzene rings is 1. The summed E-state index contributed by atoms with van der Waals surface area (Å²) in [7, 11) is 1.52. The maximum atomic E-state index is 12.8. The fraction of sp³-hybridized carbons (Fsp3) is 0.600. The lowest BCUT2D eigenvalue weighted by Gasteiger charge is -2.47. The van der Waals surface area contributed by atoms with E-state index in [2.05, 4.69) is 0 Å². The van der Waals surface area contributed by atoms with Crippen LogP contribution in [-0.4, -0.2) is 53.4 Å². The van der Waals surface area contributed by atoms with Crippen LogP contribution in [0.4, 0.5) is 4.79 Å². The van der Waals surface area contributed by atoms with Gasteiger partial charge in [-0.15, -0.1) is 0 Å². The molecule has 1 aromatic rings. The molecule has 1 aliphatic rings. The molecule has 1 heterocycles. The molecular formula is C20H28Cl2N2O5. The molecule has 1 fully saturated rings. The molecule has 0 radical (unpaired) electrons. The molecule has 7 nitrogen and oxygen atoms in total. The first-order chi connectivity index (χ1) is 13.5. The van der Waals surface area contributed by atoms with E-state index < -0.39 is 23.2 Å². The lowest BCUT2D eigenvalue weighted by molar-refractivity contribution is -0.154. The van der Waals surface area contributed by atoms with E-state index >= 15 is 0 Å². The lowest BCUT2D eigenvalue weighted by atomic mass is 9.75. The molecule has 2 atom stereocenters. The number of hydrogen-bond acceptors (Lipinski definition) is 5. The van der Waals surface area contributed by atoms with Crippen molar-refractivity contribution >= 4 is 35.3 Å². The van der Waals surface area contributed by atoms with Crippen molar-refractivity contribution in [1.82, 2.24) is 4.90 Å². The van der Waals surface area contributed by atoms with Crippen LogP contribution in [-0.2, 0) is 9.53 Å². The van der Waals surface area contributed by atoms with Gasteiger partial charge in [0.1, 0.15) is 16.9 Å². The minimum Gasteiger partial charge on any atom is -0.496 e. The van der Waals surface area contributed by atoms with Crippen LogP contribution in [0.1, 0.15) is 51.5 Å². The van der Waals surface area contributed by atoms with E-state index in [4.69, 9.17) is 38.4 Å². The predicted octanol–water partition coefficient (Wildman–Crippen LogP) is 4.29. The van der Waals surface area contributed by atoms with Gasteiger partial charge in [0.05, 0.1) is 17.2 Å². The maximum Gasteiger partial charge on any atom is 0.411 e. The second kappa shape index (κ2) is 8.98. The van der Waals surface area contributed by atoms with Crippen LogP contribution < -0.4 is 10.5 Å². The Kier molecular flexibility index (Phi) is 7.30. The Morgan fingerprint density at radius 1 is 1.34 bits per heavy atom. The van der Waals surface area contributed by atoms with Crippen LogP contribution in [0.2, 0.25) is 10.0 Å². The van der Waals surface area contributed by atoms with Gasteiger partial charge in [0.2, 0.25) is 0 Å². The van der Waals surface area contributed by atoms with E-state index in [0.717, 1.165) is 0 Å². The largest absolute Gasteiger partial charge is 0.496 e. The highest BCUT2D eigenvalue weighted by atomic mass is 35.5. The summed E-state index contributed by atoms with van der Waals surface area (Å²) in [5, 5.41) is 10.8. The fourth-order valence-corrected chi connectivity index (χ4v) is 4.32. The topological polar surface area (TPSA) is 102 Å². The van der Waals surface area contributed by atoms with Crippen LogP contribution in [0.15, 0.2) is 12.1 Å². The van der Waals surface area contributed by atoms with Crippen molar-refractivity contribution in [2.45, 2.75) is 57.1 Å². The Bertz CT molecular complexity index is 781. The molecule has 0 saturated carbocycles. The monoisotopic (exact) mass is 446 g/mol. The van der Waals surface area contributed by atoms with Gasteiger partial charge < -0.3 is 20.3 Å². The number of aliphatic carboxylic acids is 1. The number of nitrogens with two attached hydrogens (primary N) is 1. The predicted molar refractivity (Wildman–Crippen MR) is 112 cm³/mol. The van der Waals surface area contributed by atoms with E-state index in [9.17, 15) is 14.7 Å². The normalized spacial score (nSPS) is 22.3. The molecular weight excluding hydrogens is 419 g/mol. The van der Waals surface area contributed by atoms with Gasteiger partial charge in [-0.1, -0.05) is 23.2 Å². The number of nitrogens with zero attached hydrogens (tertiary/aromatic N) is 1. The zero-order valence-corrected chi connectivity index (χ0v) is 18.6.